The van der Waals surface area contributed by atoms with Crippen LogP contribution in [0.5, 0.6) is 0 Å². The van der Waals surface area contributed by atoms with Crippen LogP contribution in [0.2, 0.25) is 10.0 Å². The molecule has 53 heavy (non-hydrogen) atoms. The average molecular weight is 788 g/mol. The Kier molecular flexibility index (Phi) is 9.95. The van der Waals surface area contributed by atoms with Gasteiger partial charge in [-0.25, -0.2) is 19.0 Å². The van der Waals surface area contributed by atoms with E-state index >= 15 is 0 Å². The molecular formula is C38H45Cl3N10O2. The minimum absolute atomic E-state index is 0. The Hall–Kier alpha value is -4.33. The van der Waals surface area contributed by atoms with E-state index in [2.05, 4.69) is 20.0 Å². The molecule has 0 atom stereocenters. The third-order valence-electron chi connectivity index (χ3n) is 8.83. The molecule has 0 N–H and O–H groups in total. The van der Waals surface area contributed by atoms with Gasteiger partial charge in [-0.1, -0.05) is 47.5 Å². The number of hydrogen-bond acceptors (Lipinski definition) is 8. The lowest BCUT2D eigenvalue weighted by molar-refractivity contribution is 0.248. The molecule has 15 heteroatoms. The lowest BCUT2D eigenvalue weighted by Gasteiger charge is -2.36. The molecule has 0 bridgehead atoms. The highest BCUT2D eigenvalue weighted by Gasteiger charge is 2.19. The summed E-state index contributed by atoms with van der Waals surface area (Å²) in [6.45, 7) is -4.37. The molecule has 12 nitrogen and oxygen atoms in total. The molecule has 4 aromatic heterocycles. The SMILES string of the molecule is Cl.[2H]C([2H])(CC([2H])([2H])n1nc2ccccn2c1=O)N1CCN(c2cccc(Cl)c2)CC1.[2H]C([2H])(CC([2H])([2H])n1nc2ccccn2c1=O)N1CCN(c2cccc(Cl)c2)CC1. The third-order valence-corrected chi connectivity index (χ3v) is 9.30. The van der Waals surface area contributed by atoms with Crippen molar-refractivity contribution in [1.29, 1.82) is 0 Å². The van der Waals surface area contributed by atoms with Crippen molar-refractivity contribution in [1.82, 2.24) is 38.2 Å². The summed E-state index contributed by atoms with van der Waals surface area (Å²) in [4.78, 5) is 32.6. The number of pyridine rings is 2. The summed E-state index contributed by atoms with van der Waals surface area (Å²) in [5, 5.41) is 9.42. The third kappa shape index (κ3) is 9.62. The summed E-state index contributed by atoms with van der Waals surface area (Å²) in [5.41, 5.74) is 1.35. The van der Waals surface area contributed by atoms with Crippen LogP contribution in [-0.4, -0.2) is 104 Å². The Morgan fingerprint density at radius 1 is 0.547 bits per heavy atom. The Morgan fingerprint density at radius 3 is 1.34 bits per heavy atom. The summed E-state index contributed by atoms with van der Waals surface area (Å²) < 4.78 is 71.5. The molecule has 2 saturated heterocycles. The highest BCUT2D eigenvalue weighted by atomic mass is 35.5. The molecule has 0 aliphatic carbocycles. The maximum Gasteiger partial charge on any atom is 0.350 e. The van der Waals surface area contributed by atoms with Crippen molar-refractivity contribution in [2.45, 2.75) is 25.8 Å². The molecule has 6 heterocycles. The van der Waals surface area contributed by atoms with Gasteiger partial charge in [0, 0.05) is 118 Å². The molecule has 2 aromatic carbocycles. The number of hydrogen-bond donors (Lipinski definition) is 0. The number of benzene rings is 2. The number of rotatable bonds is 10. The highest BCUT2D eigenvalue weighted by Crippen LogP contribution is 2.22. The monoisotopic (exact) mass is 786 g/mol. The molecule has 2 aliphatic heterocycles. The van der Waals surface area contributed by atoms with Gasteiger partial charge in [0.25, 0.3) is 0 Å². The number of aryl methyl sites for hydroxylation is 2. The number of aromatic nitrogens is 6. The van der Waals surface area contributed by atoms with E-state index in [4.69, 9.17) is 34.2 Å². The van der Waals surface area contributed by atoms with Gasteiger partial charge < -0.3 is 9.80 Å². The van der Waals surface area contributed by atoms with E-state index in [1.54, 1.807) is 46.2 Å². The first-order valence-corrected chi connectivity index (χ1v) is 17.8. The topological polar surface area (TPSA) is 91.6 Å². The van der Waals surface area contributed by atoms with E-state index in [-0.39, 0.29) is 12.4 Å². The number of halogens is 3. The summed E-state index contributed by atoms with van der Waals surface area (Å²) in [6.07, 6.45) is 2.00. The molecular weight excluding hydrogens is 735 g/mol. The summed E-state index contributed by atoms with van der Waals surface area (Å²) in [7, 11) is 0. The van der Waals surface area contributed by atoms with Gasteiger partial charge in [-0.05, 0) is 73.5 Å². The molecule has 280 valence electrons. The van der Waals surface area contributed by atoms with Gasteiger partial charge in [-0.2, -0.15) is 0 Å². The molecule has 0 saturated carbocycles. The molecule has 0 unspecified atom stereocenters. The van der Waals surface area contributed by atoms with Crippen molar-refractivity contribution in [3.05, 3.63) is 128 Å². The standard InChI is InChI=1S/2C19H22ClN5O.ClH/c2*20-16-5-3-6-17(15-16)23-13-11-22(12-14-23)8-4-10-25-19(26)24-9-2-1-7-18(24)21-25;/h2*1-3,5-7,9,15H,4,8,10-14H2;1H/i2*8D2,10D2;. The first kappa shape index (κ1) is 29.1. The zero-order chi connectivity index (χ0) is 43.0. The fraction of sp³-hybridized carbons (Fsp3) is 0.368. The van der Waals surface area contributed by atoms with Gasteiger partial charge in [-0.15, -0.1) is 22.6 Å². The fourth-order valence-electron chi connectivity index (χ4n) is 6.09. The van der Waals surface area contributed by atoms with E-state index in [9.17, 15) is 9.59 Å². The van der Waals surface area contributed by atoms with Crippen LogP contribution in [0.25, 0.3) is 11.3 Å². The molecule has 2 aliphatic rings. The second-order valence-electron chi connectivity index (χ2n) is 12.1. The zero-order valence-electron chi connectivity index (χ0n) is 36.8. The minimum atomic E-state index is -2.28. The Bertz CT molecular complexity index is 2400. The Labute approximate surface area is 336 Å². The molecule has 0 radical (unpaired) electrons. The Morgan fingerprint density at radius 2 is 0.962 bits per heavy atom. The average Bonchev–Trinajstić information content (AvgIpc) is 3.75. The van der Waals surface area contributed by atoms with Crippen LogP contribution < -0.4 is 21.2 Å². The fourth-order valence-corrected chi connectivity index (χ4v) is 6.46. The number of nitrogens with zero attached hydrogens (tertiary/aromatic N) is 10. The maximum atomic E-state index is 12.5. The van der Waals surface area contributed by atoms with Crippen LogP contribution in [0, 0.1) is 0 Å². The van der Waals surface area contributed by atoms with Crippen molar-refractivity contribution in [2.24, 2.45) is 0 Å². The van der Waals surface area contributed by atoms with Crippen molar-refractivity contribution in [3.8, 4) is 0 Å². The van der Waals surface area contributed by atoms with Gasteiger partial charge in [0.15, 0.2) is 11.3 Å². The second-order valence-corrected chi connectivity index (χ2v) is 13.0. The first-order chi connectivity index (χ1) is 28.3. The first-order valence-electron chi connectivity index (χ1n) is 21.0. The van der Waals surface area contributed by atoms with Crippen molar-refractivity contribution in [2.75, 3.05) is 75.2 Å². The maximum absolute atomic E-state index is 12.5. The molecule has 6 aromatic rings. The smallest absolute Gasteiger partial charge is 0.350 e. The second kappa shape index (κ2) is 18.1. The van der Waals surface area contributed by atoms with Crippen molar-refractivity contribution < 1.29 is 11.0 Å². The summed E-state index contributed by atoms with van der Waals surface area (Å²) in [5.74, 6) is 0. The van der Waals surface area contributed by atoms with E-state index in [1.165, 1.54) is 21.2 Å². The Balaban J connectivity index is 0.000000201. The van der Waals surface area contributed by atoms with E-state index in [0.717, 1.165) is 20.7 Å². The van der Waals surface area contributed by atoms with E-state index in [1.807, 2.05) is 48.5 Å². The number of piperazine rings is 2. The van der Waals surface area contributed by atoms with E-state index < -0.39 is 50.2 Å². The van der Waals surface area contributed by atoms with Crippen LogP contribution in [0.4, 0.5) is 11.4 Å². The van der Waals surface area contributed by atoms with E-state index in [0.29, 0.717) is 73.7 Å². The van der Waals surface area contributed by atoms with Crippen LogP contribution in [-0.2, 0) is 13.0 Å². The van der Waals surface area contributed by atoms with Crippen molar-refractivity contribution in [3.63, 3.8) is 0 Å². The minimum Gasteiger partial charge on any atom is -0.369 e. The van der Waals surface area contributed by atoms with Gasteiger partial charge in [0.1, 0.15) is 0 Å². The van der Waals surface area contributed by atoms with Gasteiger partial charge in [0.05, 0.1) is 5.48 Å². The van der Waals surface area contributed by atoms with Crippen molar-refractivity contribution >= 4 is 58.3 Å². The quantitative estimate of drug-likeness (QED) is 0.189. The van der Waals surface area contributed by atoms with Crippen LogP contribution in [0.3, 0.4) is 0 Å². The molecule has 0 amide bonds. The van der Waals surface area contributed by atoms with Crippen LogP contribution >= 0.6 is 35.6 Å². The lowest BCUT2D eigenvalue weighted by Crippen LogP contribution is -2.46. The molecule has 0 spiro atoms. The van der Waals surface area contributed by atoms with Gasteiger partial charge >= 0.3 is 11.4 Å². The van der Waals surface area contributed by atoms with Crippen LogP contribution in [0.15, 0.2) is 107 Å². The highest BCUT2D eigenvalue weighted by molar-refractivity contribution is 6.31. The summed E-state index contributed by atoms with van der Waals surface area (Å²) in [6, 6.07) is 25.0. The number of fused-ring (bicyclic) bond motifs is 2. The molecule has 8 rings (SSSR count). The predicted octanol–water partition coefficient (Wildman–Crippen LogP) is 5.15. The number of anilines is 2. The zero-order valence-corrected chi connectivity index (χ0v) is 31.1. The predicted molar refractivity (Wildman–Crippen MR) is 216 cm³/mol. The normalized spacial score (nSPS) is 18.7. The van der Waals surface area contributed by atoms with Gasteiger partial charge in [-0.3, -0.25) is 18.6 Å². The lowest BCUT2D eigenvalue weighted by atomic mass is 10.2. The van der Waals surface area contributed by atoms with Gasteiger partial charge in [0.2, 0.25) is 0 Å². The largest absolute Gasteiger partial charge is 0.369 e. The molecule has 2 fully saturated rings. The summed E-state index contributed by atoms with van der Waals surface area (Å²) >= 11 is 12.1. The van der Waals surface area contributed by atoms with Crippen LogP contribution in [0.1, 0.15) is 23.8 Å².